The highest BCUT2D eigenvalue weighted by atomic mass is 32.2. The molecule has 0 bridgehead atoms. The molecular weight excluding hydrogens is 436 g/mol. The quantitative estimate of drug-likeness (QED) is 0.246. The van der Waals surface area contributed by atoms with E-state index in [1.807, 2.05) is 19.9 Å². The predicted octanol–water partition coefficient (Wildman–Crippen LogP) is 3.01. The third-order valence-electron chi connectivity index (χ3n) is 4.21. The topological polar surface area (TPSA) is 142 Å². The summed E-state index contributed by atoms with van der Waals surface area (Å²) in [6.45, 7) is 4.74. The zero-order valence-corrected chi connectivity index (χ0v) is 18.6. The Hall–Kier alpha value is -3.80. The standard InChI is InChI=1S/C20H20N6O5S/c1-11-7-12(2)22-20(21-11)25-17(8-13(3)24-25)23-18(27)10-31-19(28)15-9-14(32-4)5-6-16(15)26(29)30/h5-9H,10H2,1-4H3,(H,23,27). The van der Waals surface area contributed by atoms with Crippen molar-refractivity contribution in [3.8, 4) is 5.95 Å². The third-order valence-corrected chi connectivity index (χ3v) is 4.94. The van der Waals surface area contributed by atoms with Crippen LogP contribution in [0.1, 0.15) is 27.4 Å². The molecule has 1 N–H and O–H groups in total. The third kappa shape index (κ3) is 5.27. The van der Waals surface area contributed by atoms with Crippen LogP contribution >= 0.6 is 11.8 Å². The van der Waals surface area contributed by atoms with E-state index in [-0.39, 0.29) is 11.5 Å². The van der Waals surface area contributed by atoms with Crippen LogP contribution in [0.5, 0.6) is 0 Å². The number of nitro benzene ring substituents is 1. The average Bonchev–Trinajstić information content (AvgIpc) is 3.10. The first-order valence-corrected chi connectivity index (χ1v) is 10.6. The van der Waals surface area contributed by atoms with Crippen LogP contribution < -0.4 is 5.32 Å². The first kappa shape index (κ1) is 22.9. The Morgan fingerprint density at radius 1 is 1.12 bits per heavy atom. The van der Waals surface area contributed by atoms with E-state index >= 15 is 0 Å². The zero-order chi connectivity index (χ0) is 23.4. The van der Waals surface area contributed by atoms with Gasteiger partial charge >= 0.3 is 5.97 Å². The Morgan fingerprint density at radius 2 is 1.81 bits per heavy atom. The molecule has 3 aromatic rings. The number of aromatic nitrogens is 4. The first-order valence-electron chi connectivity index (χ1n) is 9.36. The lowest BCUT2D eigenvalue weighted by molar-refractivity contribution is -0.385. The molecule has 3 rings (SSSR count). The van der Waals surface area contributed by atoms with Crippen molar-refractivity contribution in [1.29, 1.82) is 0 Å². The lowest BCUT2D eigenvalue weighted by Gasteiger charge is -2.09. The number of anilines is 1. The summed E-state index contributed by atoms with van der Waals surface area (Å²) in [6.07, 6.45) is 1.77. The van der Waals surface area contributed by atoms with Gasteiger partial charge in [-0.05, 0) is 45.2 Å². The Kier molecular flexibility index (Phi) is 6.83. The maximum absolute atomic E-state index is 12.4. The van der Waals surface area contributed by atoms with E-state index in [4.69, 9.17) is 4.74 Å². The molecule has 0 radical (unpaired) electrons. The van der Waals surface area contributed by atoms with E-state index in [9.17, 15) is 19.7 Å². The van der Waals surface area contributed by atoms with Gasteiger partial charge in [0.05, 0.1) is 10.6 Å². The molecular formula is C20H20N6O5S. The van der Waals surface area contributed by atoms with Crippen molar-refractivity contribution in [3.05, 3.63) is 63.1 Å². The van der Waals surface area contributed by atoms with Gasteiger partial charge in [-0.25, -0.2) is 14.8 Å². The molecule has 166 valence electrons. The fourth-order valence-corrected chi connectivity index (χ4v) is 3.34. The van der Waals surface area contributed by atoms with Crippen molar-refractivity contribution in [2.45, 2.75) is 25.7 Å². The van der Waals surface area contributed by atoms with E-state index in [1.54, 1.807) is 19.2 Å². The summed E-state index contributed by atoms with van der Waals surface area (Å²) in [5.74, 6) is -1.03. The minimum Gasteiger partial charge on any atom is -0.452 e. The van der Waals surface area contributed by atoms with Crippen molar-refractivity contribution in [3.63, 3.8) is 0 Å². The number of esters is 1. The van der Waals surface area contributed by atoms with Crippen molar-refractivity contribution >= 4 is 35.1 Å². The molecule has 1 aromatic carbocycles. The summed E-state index contributed by atoms with van der Waals surface area (Å²) in [5.41, 5.74) is 1.47. The van der Waals surface area contributed by atoms with Crippen LogP contribution in [0, 0.1) is 30.9 Å². The van der Waals surface area contributed by atoms with Gasteiger partial charge < -0.3 is 10.1 Å². The van der Waals surface area contributed by atoms with Gasteiger partial charge in [-0.1, -0.05) is 0 Å². The van der Waals surface area contributed by atoms with Crippen LogP contribution in [0.2, 0.25) is 0 Å². The molecule has 1 amide bonds. The summed E-state index contributed by atoms with van der Waals surface area (Å²) >= 11 is 1.32. The van der Waals surface area contributed by atoms with E-state index in [0.29, 0.717) is 16.4 Å². The van der Waals surface area contributed by atoms with E-state index in [1.165, 1.54) is 34.6 Å². The molecule has 0 spiro atoms. The number of nitrogens with zero attached hydrogens (tertiary/aromatic N) is 5. The lowest BCUT2D eigenvalue weighted by Crippen LogP contribution is -2.23. The molecule has 0 unspecified atom stereocenters. The second kappa shape index (κ2) is 9.56. The second-order valence-electron chi connectivity index (χ2n) is 6.80. The number of aryl methyl sites for hydroxylation is 3. The minimum absolute atomic E-state index is 0.223. The summed E-state index contributed by atoms with van der Waals surface area (Å²) in [5, 5.41) is 18.1. The highest BCUT2D eigenvalue weighted by molar-refractivity contribution is 7.98. The van der Waals surface area contributed by atoms with Gasteiger partial charge in [0.1, 0.15) is 11.4 Å². The number of benzene rings is 1. The second-order valence-corrected chi connectivity index (χ2v) is 7.68. The highest BCUT2D eigenvalue weighted by Crippen LogP contribution is 2.25. The Balaban J connectivity index is 1.74. The van der Waals surface area contributed by atoms with Gasteiger partial charge in [-0.15, -0.1) is 11.8 Å². The van der Waals surface area contributed by atoms with Crippen molar-refractivity contribution in [2.24, 2.45) is 0 Å². The number of nitrogens with one attached hydrogen (secondary N) is 1. The number of carbonyl (C=O) groups is 2. The van der Waals surface area contributed by atoms with Crippen LogP contribution in [-0.2, 0) is 9.53 Å². The summed E-state index contributed by atoms with van der Waals surface area (Å²) in [7, 11) is 0. The molecule has 2 aromatic heterocycles. The van der Waals surface area contributed by atoms with Gasteiger partial charge in [0.2, 0.25) is 0 Å². The molecule has 2 heterocycles. The number of nitro groups is 1. The fraction of sp³-hybridized carbons (Fsp3) is 0.250. The van der Waals surface area contributed by atoms with Crippen molar-refractivity contribution < 1.29 is 19.2 Å². The monoisotopic (exact) mass is 456 g/mol. The Morgan fingerprint density at radius 3 is 2.44 bits per heavy atom. The molecule has 0 atom stereocenters. The lowest BCUT2D eigenvalue weighted by atomic mass is 10.2. The van der Waals surface area contributed by atoms with Gasteiger partial charge in [0.25, 0.3) is 17.5 Å². The van der Waals surface area contributed by atoms with Gasteiger partial charge in [-0.3, -0.25) is 14.9 Å². The number of hydrogen-bond donors (Lipinski definition) is 1. The number of amides is 1. The normalized spacial score (nSPS) is 10.6. The van der Waals surface area contributed by atoms with Gasteiger partial charge in [0.15, 0.2) is 6.61 Å². The largest absolute Gasteiger partial charge is 0.452 e. The molecule has 0 aliphatic rings. The highest BCUT2D eigenvalue weighted by Gasteiger charge is 2.23. The molecule has 0 fully saturated rings. The number of ether oxygens (including phenoxy) is 1. The number of rotatable bonds is 7. The van der Waals surface area contributed by atoms with Gasteiger partial charge in [-0.2, -0.15) is 9.78 Å². The van der Waals surface area contributed by atoms with Gasteiger partial charge in [0, 0.05) is 28.4 Å². The predicted molar refractivity (Wildman–Crippen MR) is 117 cm³/mol. The van der Waals surface area contributed by atoms with Crippen LogP contribution in [-0.4, -0.2) is 49.4 Å². The molecule has 0 aliphatic heterocycles. The molecule has 0 saturated heterocycles. The average molecular weight is 456 g/mol. The molecule has 11 nitrogen and oxygen atoms in total. The van der Waals surface area contributed by atoms with E-state index in [2.05, 4.69) is 20.4 Å². The van der Waals surface area contributed by atoms with E-state index < -0.39 is 29.1 Å². The van der Waals surface area contributed by atoms with Crippen molar-refractivity contribution in [1.82, 2.24) is 19.7 Å². The van der Waals surface area contributed by atoms with E-state index in [0.717, 1.165) is 11.4 Å². The minimum atomic E-state index is -0.968. The number of carbonyl (C=O) groups excluding carboxylic acids is 2. The zero-order valence-electron chi connectivity index (χ0n) is 17.8. The Bertz CT molecular complexity index is 1190. The molecule has 0 aliphatic carbocycles. The smallest absolute Gasteiger partial charge is 0.345 e. The number of thioether (sulfide) groups is 1. The Labute approximate surface area is 187 Å². The van der Waals surface area contributed by atoms with Crippen LogP contribution in [0.25, 0.3) is 5.95 Å². The van der Waals surface area contributed by atoms with Crippen LogP contribution in [0.15, 0.2) is 35.2 Å². The fourth-order valence-electron chi connectivity index (χ4n) is 2.90. The molecule has 12 heteroatoms. The van der Waals surface area contributed by atoms with Crippen LogP contribution in [0.3, 0.4) is 0 Å². The molecule has 0 saturated carbocycles. The van der Waals surface area contributed by atoms with Crippen molar-refractivity contribution in [2.75, 3.05) is 18.2 Å². The SMILES string of the molecule is CSc1ccc([N+](=O)[O-])c(C(=O)OCC(=O)Nc2cc(C)nn2-c2nc(C)cc(C)n2)c1. The summed E-state index contributed by atoms with van der Waals surface area (Å²) < 4.78 is 6.39. The summed E-state index contributed by atoms with van der Waals surface area (Å²) in [6, 6.07) is 7.55. The van der Waals surface area contributed by atoms with Crippen LogP contribution in [0.4, 0.5) is 11.5 Å². The molecule has 32 heavy (non-hydrogen) atoms. The maximum Gasteiger partial charge on any atom is 0.345 e. The number of hydrogen-bond acceptors (Lipinski definition) is 9. The maximum atomic E-state index is 12.4. The first-order chi connectivity index (χ1) is 15.2. The summed E-state index contributed by atoms with van der Waals surface area (Å²) in [4.78, 5) is 44.7.